The van der Waals surface area contributed by atoms with E-state index in [1.54, 1.807) is 13.8 Å². The van der Waals surface area contributed by atoms with E-state index < -0.39 is 9.84 Å². The zero-order valence-corrected chi connectivity index (χ0v) is 12.4. The second-order valence-corrected chi connectivity index (χ2v) is 7.96. The minimum atomic E-state index is -3.00. The monoisotopic (exact) mass is 277 g/mol. The van der Waals surface area contributed by atoms with E-state index in [0.29, 0.717) is 13.1 Å². The van der Waals surface area contributed by atoms with Gasteiger partial charge < -0.3 is 9.64 Å². The normalized spacial score (nSPS) is 25.6. The predicted molar refractivity (Wildman–Crippen MR) is 70.0 cm³/mol. The Balaban J connectivity index is 2.50. The third-order valence-electron chi connectivity index (χ3n) is 3.60. The summed E-state index contributed by atoms with van der Waals surface area (Å²) in [6.07, 6.45) is 0. The van der Waals surface area contributed by atoms with Crippen molar-refractivity contribution < 1.29 is 17.9 Å². The fraction of sp³-hybridized carbons (Fsp3) is 0.917. The van der Waals surface area contributed by atoms with Gasteiger partial charge >= 0.3 is 5.97 Å². The number of nitrogens with zero attached hydrogens (tertiary/aromatic N) is 1. The van der Waals surface area contributed by atoms with Gasteiger partial charge in [0.15, 0.2) is 9.84 Å². The molecule has 1 fully saturated rings. The Morgan fingerprint density at radius 2 is 2.00 bits per heavy atom. The van der Waals surface area contributed by atoms with E-state index in [-0.39, 0.29) is 28.8 Å². The quantitative estimate of drug-likeness (QED) is 0.687. The first kappa shape index (κ1) is 15.4. The Kier molecular flexibility index (Phi) is 5.16. The number of likely N-dealkylation sites (tertiary alicyclic amines) is 1. The number of ether oxygens (including phenoxy) is 1. The summed E-state index contributed by atoms with van der Waals surface area (Å²) in [5, 5.41) is -0.339. The van der Waals surface area contributed by atoms with Crippen LogP contribution in [0.3, 0.4) is 0 Å². The summed E-state index contributed by atoms with van der Waals surface area (Å²) in [5.41, 5.74) is 0. The van der Waals surface area contributed by atoms with Gasteiger partial charge in [0.2, 0.25) is 0 Å². The van der Waals surface area contributed by atoms with Crippen molar-refractivity contribution in [2.45, 2.75) is 26.0 Å². The lowest BCUT2D eigenvalue weighted by Gasteiger charge is -2.16. The number of carbonyl (C=O) groups excluding carboxylic acids is 1. The predicted octanol–water partition coefficient (Wildman–Crippen LogP) is 0.551. The molecule has 106 valence electrons. The van der Waals surface area contributed by atoms with Crippen LogP contribution in [-0.2, 0) is 19.4 Å². The van der Waals surface area contributed by atoms with Gasteiger partial charge in [-0.2, -0.15) is 0 Å². The molecule has 1 heterocycles. The minimum absolute atomic E-state index is 0.128. The second-order valence-electron chi connectivity index (χ2n) is 5.28. The minimum Gasteiger partial charge on any atom is -0.469 e. The van der Waals surface area contributed by atoms with Crippen molar-refractivity contribution in [1.82, 2.24) is 4.90 Å². The van der Waals surface area contributed by atoms with Crippen LogP contribution < -0.4 is 0 Å². The Bertz CT molecular complexity index is 391. The van der Waals surface area contributed by atoms with Crippen LogP contribution in [0, 0.1) is 11.8 Å². The van der Waals surface area contributed by atoms with Crippen molar-refractivity contribution in [3.63, 3.8) is 0 Å². The highest BCUT2D eigenvalue weighted by molar-refractivity contribution is 7.92. The van der Waals surface area contributed by atoms with Gasteiger partial charge in [-0.1, -0.05) is 6.92 Å². The summed E-state index contributed by atoms with van der Waals surface area (Å²) in [5.74, 6) is 0.0540. The third-order valence-corrected chi connectivity index (χ3v) is 5.79. The highest BCUT2D eigenvalue weighted by Gasteiger charge is 2.35. The average molecular weight is 277 g/mol. The zero-order valence-electron chi connectivity index (χ0n) is 11.5. The maximum absolute atomic E-state index is 11.7. The molecule has 1 saturated heterocycles. The fourth-order valence-electron chi connectivity index (χ4n) is 2.20. The molecule has 0 amide bonds. The summed E-state index contributed by atoms with van der Waals surface area (Å²) < 4.78 is 28.2. The highest BCUT2D eigenvalue weighted by atomic mass is 32.2. The molecule has 0 N–H and O–H groups in total. The first-order valence-electron chi connectivity index (χ1n) is 6.29. The lowest BCUT2D eigenvalue weighted by atomic mass is 9.99. The molecule has 2 atom stereocenters. The van der Waals surface area contributed by atoms with E-state index in [4.69, 9.17) is 4.74 Å². The fourth-order valence-corrected chi connectivity index (χ4v) is 3.18. The molecule has 2 unspecified atom stereocenters. The third kappa shape index (κ3) is 3.68. The molecule has 1 aliphatic rings. The molecular formula is C12H23NO4S. The van der Waals surface area contributed by atoms with Gasteiger partial charge in [0.1, 0.15) is 0 Å². The number of hydrogen-bond acceptors (Lipinski definition) is 5. The maximum Gasteiger partial charge on any atom is 0.310 e. The number of methoxy groups -OCH3 is 1. The van der Waals surface area contributed by atoms with E-state index in [1.165, 1.54) is 7.11 Å². The van der Waals surface area contributed by atoms with Gasteiger partial charge in [-0.25, -0.2) is 8.42 Å². The van der Waals surface area contributed by atoms with Gasteiger partial charge in [0.25, 0.3) is 0 Å². The average Bonchev–Trinajstić information content (AvgIpc) is 2.67. The zero-order chi connectivity index (χ0) is 13.9. The number of hydrogen-bond donors (Lipinski definition) is 0. The molecule has 6 heteroatoms. The number of carbonyl (C=O) groups is 1. The second kappa shape index (κ2) is 6.02. The largest absolute Gasteiger partial charge is 0.469 e. The molecule has 1 aliphatic heterocycles. The van der Waals surface area contributed by atoms with Gasteiger partial charge in [-0.15, -0.1) is 0 Å². The van der Waals surface area contributed by atoms with Crippen molar-refractivity contribution in [3.05, 3.63) is 0 Å². The summed E-state index contributed by atoms with van der Waals surface area (Å²) in [4.78, 5) is 13.5. The van der Waals surface area contributed by atoms with Crippen molar-refractivity contribution in [1.29, 1.82) is 0 Å². The lowest BCUT2D eigenvalue weighted by molar-refractivity contribution is -0.146. The van der Waals surface area contributed by atoms with E-state index in [2.05, 4.69) is 0 Å². The summed E-state index contributed by atoms with van der Waals surface area (Å²) in [6.45, 7) is 7.24. The molecule has 0 spiro atoms. The van der Waals surface area contributed by atoms with Crippen molar-refractivity contribution in [3.8, 4) is 0 Å². The summed E-state index contributed by atoms with van der Waals surface area (Å²) in [6, 6.07) is 0. The SMILES string of the molecule is COC(=O)C1CN(CCS(=O)(=O)C(C)C)CC1C. The molecule has 0 saturated carbocycles. The van der Waals surface area contributed by atoms with Gasteiger partial charge in [0, 0.05) is 19.6 Å². The molecule has 0 aromatic rings. The molecule has 18 heavy (non-hydrogen) atoms. The Hall–Kier alpha value is -0.620. The molecular weight excluding hydrogens is 254 g/mol. The first-order chi connectivity index (χ1) is 8.27. The number of sulfone groups is 1. The van der Waals surface area contributed by atoms with E-state index in [9.17, 15) is 13.2 Å². The maximum atomic E-state index is 11.7. The van der Waals surface area contributed by atoms with Crippen LogP contribution in [0.4, 0.5) is 0 Å². The number of esters is 1. The van der Waals surface area contributed by atoms with Crippen LogP contribution in [0.15, 0.2) is 0 Å². The van der Waals surface area contributed by atoms with Gasteiger partial charge in [0.05, 0.1) is 24.0 Å². The van der Waals surface area contributed by atoms with Crippen LogP contribution >= 0.6 is 0 Å². The van der Waals surface area contributed by atoms with Crippen LogP contribution in [0.25, 0.3) is 0 Å². The van der Waals surface area contributed by atoms with E-state index in [0.717, 1.165) is 6.54 Å². The van der Waals surface area contributed by atoms with Crippen LogP contribution in [0.2, 0.25) is 0 Å². The highest BCUT2D eigenvalue weighted by Crippen LogP contribution is 2.23. The van der Waals surface area contributed by atoms with E-state index >= 15 is 0 Å². The Morgan fingerprint density at radius 3 is 2.50 bits per heavy atom. The molecule has 0 aliphatic carbocycles. The first-order valence-corrected chi connectivity index (χ1v) is 8.01. The Morgan fingerprint density at radius 1 is 1.39 bits per heavy atom. The molecule has 0 aromatic carbocycles. The van der Waals surface area contributed by atoms with Crippen LogP contribution in [0.5, 0.6) is 0 Å². The van der Waals surface area contributed by atoms with E-state index in [1.807, 2.05) is 11.8 Å². The van der Waals surface area contributed by atoms with Crippen molar-refractivity contribution >= 4 is 15.8 Å². The van der Waals surface area contributed by atoms with Gasteiger partial charge in [-0.05, 0) is 19.8 Å². The molecule has 1 rings (SSSR count). The topological polar surface area (TPSA) is 63.7 Å². The van der Waals surface area contributed by atoms with Gasteiger partial charge in [-0.3, -0.25) is 4.79 Å². The lowest BCUT2D eigenvalue weighted by Crippen LogP contribution is -2.31. The smallest absolute Gasteiger partial charge is 0.310 e. The Labute approximate surface area is 109 Å². The van der Waals surface area contributed by atoms with Crippen LogP contribution in [-0.4, -0.2) is 57.0 Å². The molecule has 0 radical (unpaired) electrons. The molecule has 5 nitrogen and oxygen atoms in total. The molecule has 0 bridgehead atoms. The number of rotatable bonds is 5. The summed E-state index contributed by atoms with van der Waals surface area (Å²) >= 11 is 0. The summed E-state index contributed by atoms with van der Waals surface area (Å²) in [7, 11) is -1.61. The standard InChI is InChI=1S/C12H23NO4S/c1-9(2)18(15,16)6-5-13-7-10(3)11(8-13)12(14)17-4/h9-11H,5-8H2,1-4H3. The van der Waals surface area contributed by atoms with Crippen LogP contribution in [0.1, 0.15) is 20.8 Å². The molecule has 0 aromatic heterocycles. The van der Waals surface area contributed by atoms with Crippen molar-refractivity contribution in [2.24, 2.45) is 11.8 Å². The van der Waals surface area contributed by atoms with Crippen molar-refractivity contribution in [2.75, 3.05) is 32.5 Å².